The van der Waals surface area contributed by atoms with E-state index in [1.54, 1.807) is 11.9 Å². The van der Waals surface area contributed by atoms with Gasteiger partial charge in [-0.1, -0.05) is 6.42 Å². The first-order valence-electron chi connectivity index (χ1n) is 6.99. The van der Waals surface area contributed by atoms with E-state index in [2.05, 4.69) is 10.6 Å². The van der Waals surface area contributed by atoms with E-state index in [-0.39, 0.29) is 23.9 Å². The second-order valence-electron chi connectivity index (χ2n) is 5.16. The van der Waals surface area contributed by atoms with Crippen molar-refractivity contribution in [2.45, 2.75) is 50.6 Å². The molecule has 5 nitrogen and oxygen atoms in total. The minimum absolute atomic E-state index is 0.0288. The molecule has 2 amide bonds. The van der Waals surface area contributed by atoms with Crippen LogP contribution >= 0.6 is 0 Å². The molecule has 0 aromatic heterocycles. The highest BCUT2D eigenvalue weighted by atomic mass is 16.2. The summed E-state index contributed by atoms with van der Waals surface area (Å²) in [6.45, 7) is 1.63. The number of hydrogen-bond donors (Lipinski definition) is 2. The number of amides is 2. The Morgan fingerprint density at radius 3 is 2.61 bits per heavy atom. The van der Waals surface area contributed by atoms with Crippen LogP contribution in [0.5, 0.6) is 0 Å². The van der Waals surface area contributed by atoms with Gasteiger partial charge >= 0.3 is 0 Å². The molecule has 2 aliphatic heterocycles. The van der Waals surface area contributed by atoms with Gasteiger partial charge in [-0.25, -0.2) is 0 Å². The van der Waals surface area contributed by atoms with Crippen LogP contribution in [-0.4, -0.2) is 48.9 Å². The number of nitrogens with one attached hydrogen (secondary N) is 2. The molecule has 0 radical (unpaired) electrons. The lowest BCUT2D eigenvalue weighted by molar-refractivity contribution is -0.144. The summed E-state index contributed by atoms with van der Waals surface area (Å²) in [6, 6.07) is -0.344. The Morgan fingerprint density at radius 2 is 1.94 bits per heavy atom. The van der Waals surface area contributed by atoms with Gasteiger partial charge in [0, 0.05) is 13.6 Å². The fourth-order valence-corrected chi connectivity index (χ4v) is 2.90. The zero-order valence-corrected chi connectivity index (χ0v) is 11.1. The Morgan fingerprint density at radius 1 is 1.17 bits per heavy atom. The standard InChI is InChI=1S/C13H23N3O2/c1-14-12(17)11-7-3-5-9-16(11)13(18)10-6-2-4-8-15-10/h10-11,15H,2-9H2,1H3,(H,14,17). The molecule has 0 aromatic carbocycles. The fourth-order valence-electron chi connectivity index (χ4n) is 2.90. The van der Waals surface area contributed by atoms with E-state index in [0.717, 1.165) is 51.6 Å². The molecular weight excluding hydrogens is 230 g/mol. The van der Waals surface area contributed by atoms with E-state index in [1.807, 2.05) is 0 Å². The van der Waals surface area contributed by atoms with Crippen LogP contribution in [0.1, 0.15) is 38.5 Å². The van der Waals surface area contributed by atoms with Crippen molar-refractivity contribution >= 4 is 11.8 Å². The third kappa shape index (κ3) is 2.83. The topological polar surface area (TPSA) is 61.4 Å². The van der Waals surface area contributed by atoms with Crippen LogP contribution in [0.25, 0.3) is 0 Å². The van der Waals surface area contributed by atoms with Crippen LogP contribution in [-0.2, 0) is 9.59 Å². The Bertz CT molecular complexity index is 313. The van der Waals surface area contributed by atoms with Gasteiger partial charge in [0.15, 0.2) is 0 Å². The van der Waals surface area contributed by atoms with Gasteiger partial charge in [0.1, 0.15) is 6.04 Å². The number of nitrogens with zero attached hydrogens (tertiary/aromatic N) is 1. The molecule has 0 aliphatic carbocycles. The van der Waals surface area contributed by atoms with E-state index in [4.69, 9.17) is 0 Å². The van der Waals surface area contributed by atoms with Gasteiger partial charge in [0.25, 0.3) is 0 Å². The van der Waals surface area contributed by atoms with Crippen molar-refractivity contribution < 1.29 is 9.59 Å². The zero-order valence-electron chi connectivity index (χ0n) is 11.1. The first-order valence-corrected chi connectivity index (χ1v) is 6.99. The first-order chi connectivity index (χ1) is 8.74. The summed E-state index contributed by atoms with van der Waals surface area (Å²) >= 11 is 0. The number of carbonyl (C=O) groups excluding carboxylic acids is 2. The van der Waals surface area contributed by atoms with Crippen molar-refractivity contribution in [1.82, 2.24) is 15.5 Å². The molecule has 2 rings (SSSR count). The summed E-state index contributed by atoms with van der Waals surface area (Å²) in [5, 5.41) is 5.94. The average Bonchev–Trinajstić information content (AvgIpc) is 2.46. The van der Waals surface area contributed by atoms with Gasteiger partial charge in [0.2, 0.25) is 11.8 Å². The smallest absolute Gasteiger partial charge is 0.242 e. The van der Waals surface area contributed by atoms with Gasteiger partial charge in [-0.15, -0.1) is 0 Å². The summed E-state index contributed by atoms with van der Waals surface area (Å²) in [4.78, 5) is 26.1. The molecule has 2 N–H and O–H groups in total. The summed E-state index contributed by atoms with van der Waals surface area (Å²) in [6.07, 6.45) is 5.96. The van der Waals surface area contributed by atoms with Crippen molar-refractivity contribution in [2.75, 3.05) is 20.1 Å². The second kappa shape index (κ2) is 6.18. The molecule has 0 aromatic rings. The fraction of sp³-hybridized carbons (Fsp3) is 0.846. The maximum atomic E-state index is 12.5. The van der Waals surface area contributed by atoms with Gasteiger partial charge in [0.05, 0.1) is 6.04 Å². The number of likely N-dealkylation sites (N-methyl/N-ethyl adjacent to an activating group) is 1. The highest BCUT2D eigenvalue weighted by Gasteiger charge is 2.35. The molecule has 5 heteroatoms. The molecule has 2 saturated heterocycles. The molecule has 18 heavy (non-hydrogen) atoms. The predicted molar refractivity (Wildman–Crippen MR) is 69.1 cm³/mol. The molecule has 0 bridgehead atoms. The first kappa shape index (κ1) is 13.3. The van der Waals surface area contributed by atoms with E-state index < -0.39 is 0 Å². The van der Waals surface area contributed by atoms with Crippen LogP contribution < -0.4 is 10.6 Å². The zero-order chi connectivity index (χ0) is 13.0. The third-order valence-electron chi connectivity index (χ3n) is 3.94. The quantitative estimate of drug-likeness (QED) is 0.742. The van der Waals surface area contributed by atoms with Crippen molar-refractivity contribution in [3.63, 3.8) is 0 Å². The third-order valence-corrected chi connectivity index (χ3v) is 3.94. The van der Waals surface area contributed by atoms with Crippen molar-refractivity contribution in [1.29, 1.82) is 0 Å². The maximum absolute atomic E-state index is 12.5. The Hall–Kier alpha value is -1.10. The number of hydrogen-bond acceptors (Lipinski definition) is 3. The average molecular weight is 253 g/mol. The number of likely N-dealkylation sites (tertiary alicyclic amines) is 1. The van der Waals surface area contributed by atoms with Gasteiger partial charge in [-0.2, -0.15) is 0 Å². The highest BCUT2D eigenvalue weighted by molar-refractivity contribution is 5.90. The Balaban J connectivity index is 2.03. The van der Waals surface area contributed by atoms with E-state index in [1.165, 1.54) is 0 Å². The molecular formula is C13H23N3O2. The predicted octanol–water partition coefficient (Wildman–Crippen LogP) is 0.256. The lowest BCUT2D eigenvalue weighted by Crippen LogP contribution is -2.57. The lowest BCUT2D eigenvalue weighted by atomic mass is 9.97. The van der Waals surface area contributed by atoms with E-state index in [0.29, 0.717) is 0 Å². The monoisotopic (exact) mass is 253 g/mol. The summed E-state index contributed by atoms with van der Waals surface area (Å²) in [5.74, 6) is 0.0851. The lowest BCUT2D eigenvalue weighted by Gasteiger charge is -2.37. The Labute approximate surface area is 108 Å². The molecule has 102 valence electrons. The Kier molecular flexibility index (Phi) is 4.58. The molecule has 2 heterocycles. The van der Waals surface area contributed by atoms with Crippen molar-refractivity contribution in [3.8, 4) is 0 Å². The number of rotatable bonds is 2. The highest BCUT2D eigenvalue weighted by Crippen LogP contribution is 2.20. The summed E-state index contributed by atoms with van der Waals surface area (Å²) in [5.41, 5.74) is 0. The second-order valence-corrected chi connectivity index (χ2v) is 5.16. The van der Waals surface area contributed by atoms with Crippen molar-refractivity contribution in [3.05, 3.63) is 0 Å². The van der Waals surface area contributed by atoms with Gasteiger partial charge < -0.3 is 15.5 Å². The van der Waals surface area contributed by atoms with Crippen LogP contribution in [0.3, 0.4) is 0 Å². The minimum Gasteiger partial charge on any atom is -0.357 e. The molecule has 2 unspecified atom stereocenters. The molecule has 2 fully saturated rings. The van der Waals surface area contributed by atoms with Gasteiger partial charge in [-0.3, -0.25) is 9.59 Å². The molecule has 2 aliphatic rings. The SMILES string of the molecule is CNC(=O)C1CCCCN1C(=O)C1CCCCN1. The van der Waals surface area contributed by atoms with Crippen LogP contribution in [0.15, 0.2) is 0 Å². The summed E-state index contributed by atoms with van der Waals surface area (Å²) in [7, 11) is 1.64. The number of piperidine rings is 2. The molecule has 0 saturated carbocycles. The van der Waals surface area contributed by atoms with Crippen LogP contribution in [0.4, 0.5) is 0 Å². The van der Waals surface area contributed by atoms with Gasteiger partial charge in [-0.05, 0) is 38.6 Å². The minimum atomic E-state index is -0.264. The maximum Gasteiger partial charge on any atom is 0.242 e. The largest absolute Gasteiger partial charge is 0.357 e. The van der Waals surface area contributed by atoms with E-state index >= 15 is 0 Å². The van der Waals surface area contributed by atoms with Crippen LogP contribution in [0.2, 0.25) is 0 Å². The normalized spacial score (nSPS) is 28.8. The molecule has 2 atom stereocenters. The summed E-state index contributed by atoms with van der Waals surface area (Å²) < 4.78 is 0. The van der Waals surface area contributed by atoms with Crippen LogP contribution in [0, 0.1) is 0 Å². The number of carbonyl (C=O) groups is 2. The van der Waals surface area contributed by atoms with Crippen molar-refractivity contribution in [2.24, 2.45) is 0 Å². The van der Waals surface area contributed by atoms with E-state index in [9.17, 15) is 9.59 Å². The molecule has 0 spiro atoms.